The van der Waals surface area contributed by atoms with Gasteiger partial charge in [-0.2, -0.15) is 0 Å². The summed E-state index contributed by atoms with van der Waals surface area (Å²) < 4.78 is 3.60. The van der Waals surface area contributed by atoms with E-state index >= 15 is 0 Å². The molecular weight excluding hydrogens is 408 g/mol. The number of fused-ring (bicyclic) bond motifs is 2. The Hall–Kier alpha value is -1.83. The van der Waals surface area contributed by atoms with Crippen LogP contribution in [0, 0.1) is 17.3 Å². The highest BCUT2D eigenvalue weighted by Crippen LogP contribution is 2.75. The number of aliphatic hydroxyl groups is 1. The highest BCUT2D eigenvalue weighted by molar-refractivity contribution is 7.97. The molecule has 6 rings (SSSR count). The van der Waals surface area contributed by atoms with Gasteiger partial charge in [-0.25, -0.2) is 4.98 Å². The van der Waals surface area contributed by atoms with Crippen molar-refractivity contribution in [1.82, 2.24) is 9.71 Å². The number of nitrogens with one attached hydrogen (secondary N) is 2. The lowest BCUT2D eigenvalue weighted by molar-refractivity contribution is -0.119. The monoisotopic (exact) mass is 438 g/mol. The first kappa shape index (κ1) is 19.8. The van der Waals surface area contributed by atoms with Crippen LogP contribution in [0.15, 0.2) is 29.2 Å². The Kier molecular flexibility index (Phi) is 4.37. The number of pyridine rings is 1. The fourth-order valence-electron chi connectivity index (χ4n) is 4.72. The Bertz CT molecular complexity index is 1060. The van der Waals surface area contributed by atoms with Gasteiger partial charge in [0.25, 0.3) is 0 Å². The largest absolute Gasteiger partial charge is 0.393 e. The Morgan fingerprint density at radius 1 is 1.29 bits per heavy atom. The van der Waals surface area contributed by atoms with Crippen LogP contribution >= 0.6 is 11.9 Å². The van der Waals surface area contributed by atoms with Crippen molar-refractivity contribution in [2.24, 2.45) is 17.3 Å². The molecule has 1 aliphatic heterocycles. The molecule has 4 aliphatic rings. The van der Waals surface area contributed by atoms with Gasteiger partial charge in [-0.15, -0.1) is 0 Å². The second-order valence-electron chi connectivity index (χ2n) is 10.5. The number of hydrogen-bond donors (Lipinski definition) is 3. The van der Waals surface area contributed by atoms with E-state index in [-0.39, 0.29) is 28.9 Å². The number of nitrogens with zero attached hydrogens (tertiary/aromatic N) is 2. The zero-order valence-corrected chi connectivity index (χ0v) is 19.0. The van der Waals surface area contributed by atoms with Crippen molar-refractivity contribution in [3.63, 3.8) is 0 Å². The zero-order chi connectivity index (χ0) is 21.4. The van der Waals surface area contributed by atoms with E-state index in [1.165, 1.54) is 12.8 Å². The molecule has 4 fully saturated rings. The lowest BCUT2D eigenvalue weighted by atomic mass is 9.96. The molecular formula is C24H30N4O2S. The van der Waals surface area contributed by atoms with E-state index in [0.717, 1.165) is 53.8 Å². The minimum absolute atomic E-state index is 0.0616. The number of aromatic nitrogens is 1. The van der Waals surface area contributed by atoms with Gasteiger partial charge in [-0.05, 0) is 87.1 Å². The van der Waals surface area contributed by atoms with Crippen molar-refractivity contribution in [2.75, 3.05) is 23.3 Å². The molecule has 1 aromatic carbocycles. The minimum atomic E-state index is -0.232. The molecule has 164 valence electrons. The molecule has 1 amide bonds. The summed E-state index contributed by atoms with van der Waals surface area (Å²) in [5, 5.41) is 14.3. The minimum Gasteiger partial charge on any atom is -0.393 e. The predicted octanol–water partition coefficient (Wildman–Crippen LogP) is 3.94. The Morgan fingerprint density at radius 3 is 2.74 bits per heavy atom. The standard InChI is InChI=1S/C24H30N4O2S/c1-14-13-28(8-5-20(14)29)19-10-16(31-27-23(2)6-7-23)9-18-17(19)3-4-21(25-18)26-22(30)24-11-15(24)12-24/h3-4,9-10,14-15,20,27,29H,5-8,11-13H2,1-2H3,(H,25,26,30)/t14-,15?,20+,24?/m0/s1. The molecule has 3 aliphatic carbocycles. The summed E-state index contributed by atoms with van der Waals surface area (Å²) in [6.45, 7) is 6.03. The molecule has 2 atom stereocenters. The third-order valence-corrected chi connectivity index (χ3v) is 8.82. The highest BCUT2D eigenvalue weighted by Gasteiger charge is 2.74. The Balaban J connectivity index is 1.32. The first-order chi connectivity index (χ1) is 14.9. The molecule has 2 heterocycles. The molecule has 3 N–H and O–H groups in total. The van der Waals surface area contributed by atoms with Crippen LogP contribution < -0.4 is 14.9 Å². The van der Waals surface area contributed by atoms with Gasteiger partial charge in [-0.1, -0.05) is 6.92 Å². The van der Waals surface area contributed by atoms with Crippen LogP contribution in [0.4, 0.5) is 11.5 Å². The Labute approximate surface area is 187 Å². The summed E-state index contributed by atoms with van der Waals surface area (Å²) in [5.41, 5.74) is 2.24. The quantitative estimate of drug-likeness (QED) is 0.593. The van der Waals surface area contributed by atoms with Gasteiger partial charge >= 0.3 is 0 Å². The molecule has 0 spiro atoms. The third-order valence-electron chi connectivity index (χ3n) is 7.75. The topological polar surface area (TPSA) is 77.5 Å². The predicted molar refractivity (Wildman–Crippen MR) is 124 cm³/mol. The number of amides is 1. The van der Waals surface area contributed by atoms with E-state index in [0.29, 0.717) is 11.7 Å². The van der Waals surface area contributed by atoms with Gasteiger partial charge in [-0.3, -0.25) is 9.52 Å². The molecule has 2 aromatic rings. The van der Waals surface area contributed by atoms with Gasteiger partial charge in [0.2, 0.25) is 5.91 Å². The first-order valence-corrected chi connectivity index (χ1v) is 12.3. The fraction of sp³-hybridized carbons (Fsp3) is 0.583. The molecule has 0 bridgehead atoms. The zero-order valence-electron chi connectivity index (χ0n) is 18.1. The maximum Gasteiger partial charge on any atom is 0.232 e. The van der Waals surface area contributed by atoms with Crippen LogP contribution in [-0.4, -0.2) is 40.7 Å². The van der Waals surface area contributed by atoms with Crippen molar-refractivity contribution in [1.29, 1.82) is 0 Å². The maximum atomic E-state index is 12.5. The average molecular weight is 439 g/mol. The normalized spacial score (nSPS) is 32.5. The van der Waals surface area contributed by atoms with E-state index in [4.69, 9.17) is 4.98 Å². The second-order valence-corrected chi connectivity index (χ2v) is 11.3. The molecule has 3 saturated carbocycles. The summed E-state index contributed by atoms with van der Waals surface area (Å²) in [4.78, 5) is 20.9. The van der Waals surface area contributed by atoms with Crippen molar-refractivity contribution >= 4 is 40.3 Å². The van der Waals surface area contributed by atoms with Crippen molar-refractivity contribution < 1.29 is 9.90 Å². The van der Waals surface area contributed by atoms with Crippen LogP contribution in [0.3, 0.4) is 0 Å². The summed E-state index contributed by atoms with van der Waals surface area (Å²) in [7, 11) is 0. The number of rotatable bonds is 6. The summed E-state index contributed by atoms with van der Waals surface area (Å²) >= 11 is 1.67. The molecule has 0 unspecified atom stereocenters. The molecule has 0 radical (unpaired) electrons. The van der Waals surface area contributed by atoms with Crippen molar-refractivity contribution in [3.05, 3.63) is 24.3 Å². The van der Waals surface area contributed by atoms with E-state index in [9.17, 15) is 9.90 Å². The third kappa shape index (κ3) is 3.60. The number of carbonyl (C=O) groups is 1. The second kappa shape index (κ2) is 6.83. The number of aliphatic hydroxyl groups excluding tert-OH is 1. The van der Waals surface area contributed by atoms with E-state index in [1.807, 2.05) is 6.07 Å². The van der Waals surface area contributed by atoms with Gasteiger partial charge in [0.15, 0.2) is 0 Å². The smallest absolute Gasteiger partial charge is 0.232 e. The summed E-state index contributed by atoms with van der Waals surface area (Å²) in [6.07, 6.45) is 5.05. The number of piperidine rings is 1. The highest BCUT2D eigenvalue weighted by atomic mass is 32.2. The van der Waals surface area contributed by atoms with Crippen LogP contribution in [0.25, 0.3) is 10.9 Å². The molecule has 31 heavy (non-hydrogen) atoms. The lowest BCUT2D eigenvalue weighted by Gasteiger charge is -2.36. The molecule has 1 saturated heterocycles. The van der Waals surface area contributed by atoms with E-state index < -0.39 is 0 Å². The Morgan fingerprint density at radius 2 is 2.06 bits per heavy atom. The number of anilines is 2. The molecule has 1 aromatic heterocycles. The fourth-order valence-corrected chi connectivity index (χ4v) is 5.63. The van der Waals surface area contributed by atoms with Crippen LogP contribution in [0.1, 0.15) is 46.0 Å². The number of hydrogen-bond acceptors (Lipinski definition) is 6. The van der Waals surface area contributed by atoms with Crippen molar-refractivity contribution in [2.45, 2.75) is 62.5 Å². The van der Waals surface area contributed by atoms with Gasteiger partial charge in [0.05, 0.1) is 17.0 Å². The van der Waals surface area contributed by atoms with Crippen LogP contribution in [0.5, 0.6) is 0 Å². The van der Waals surface area contributed by atoms with E-state index in [2.05, 4.69) is 47.0 Å². The SMILES string of the molecule is C[C@H]1CN(c2cc(SNC3(C)CC3)cc3nc(NC(=O)C45CC4C5)ccc23)CC[C@H]1O. The molecule has 7 heteroatoms. The molecule has 6 nitrogen and oxygen atoms in total. The van der Waals surface area contributed by atoms with Gasteiger partial charge < -0.3 is 15.3 Å². The number of carbonyl (C=O) groups excluding carboxylic acids is 1. The van der Waals surface area contributed by atoms with E-state index in [1.54, 1.807) is 11.9 Å². The number of benzene rings is 1. The van der Waals surface area contributed by atoms with Gasteiger partial charge in [0, 0.05) is 34.6 Å². The summed E-state index contributed by atoms with van der Waals surface area (Å²) in [6, 6.07) is 8.38. The van der Waals surface area contributed by atoms with Crippen molar-refractivity contribution in [3.8, 4) is 0 Å². The maximum absolute atomic E-state index is 12.5. The van der Waals surface area contributed by atoms with Crippen LogP contribution in [-0.2, 0) is 4.79 Å². The summed E-state index contributed by atoms with van der Waals surface area (Å²) in [5.74, 6) is 1.63. The average Bonchev–Trinajstić information content (AvgIpc) is 3.64. The first-order valence-electron chi connectivity index (χ1n) is 11.5. The van der Waals surface area contributed by atoms with Crippen LogP contribution in [0.2, 0.25) is 0 Å². The lowest BCUT2D eigenvalue weighted by Crippen LogP contribution is -2.42. The van der Waals surface area contributed by atoms with Gasteiger partial charge in [0.1, 0.15) is 5.82 Å².